The minimum absolute atomic E-state index is 0.463. The second kappa shape index (κ2) is 6.70. The van der Waals surface area contributed by atoms with Crippen LogP contribution in [0.25, 0.3) is 27.8 Å². The number of imidazole rings is 1. The Morgan fingerprint density at radius 3 is 2.62 bits per heavy atom. The maximum Gasteiger partial charge on any atom is 0.137 e. The molecule has 4 aromatic rings. The van der Waals surface area contributed by atoms with Crippen molar-refractivity contribution in [3.8, 4) is 11.3 Å². The van der Waals surface area contributed by atoms with E-state index in [1.54, 1.807) is 0 Å². The molecule has 0 fully saturated rings. The number of pyridine rings is 1. The second-order valence-electron chi connectivity index (χ2n) is 5.89. The number of benzene rings is 1. The van der Waals surface area contributed by atoms with E-state index >= 15 is 0 Å². The molecule has 0 spiro atoms. The maximum atomic E-state index is 6.49. The zero-order valence-corrected chi connectivity index (χ0v) is 15.2. The van der Waals surface area contributed by atoms with Crippen LogP contribution in [0.3, 0.4) is 0 Å². The number of fused-ring (bicyclic) bond motifs is 2. The molecule has 1 aromatic carbocycles. The molecule has 3 nitrogen and oxygen atoms in total. The number of halogens is 1. The van der Waals surface area contributed by atoms with Gasteiger partial charge in [0.15, 0.2) is 0 Å². The molecule has 0 atom stereocenters. The summed E-state index contributed by atoms with van der Waals surface area (Å²) < 4.78 is 2.00. The fraction of sp³-hybridized carbons (Fsp3) is 0.250. The highest BCUT2D eigenvalue weighted by Crippen LogP contribution is 2.33. The fourth-order valence-electron chi connectivity index (χ4n) is 2.75. The lowest BCUT2D eigenvalue weighted by atomic mass is 10.1. The van der Waals surface area contributed by atoms with Gasteiger partial charge < -0.3 is 9.38 Å². The molecule has 0 saturated heterocycles. The van der Waals surface area contributed by atoms with Gasteiger partial charge in [-0.15, -0.1) is 0 Å². The molecule has 3 aromatic heterocycles. The molecule has 4 heteroatoms. The van der Waals surface area contributed by atoms with Crippen LogP contribution in [0.2, 0.25) is 5.02 Å². The van der Waals surface area contributed by atoms with E-state index in [-0.39, 0.29) is 0 Å². The largest absolute Gasteiger partial charge is 0.358 e. The smallest absolute Gasteiger partial charge is 0.137 e. The van der Waals surface area contributed by atoms with E-state index in [1.165, 1.54) is 5.69 Å². The summed E-state index contributed by atoms with van der Waals surface area (Å²) in [7, 11) is 0. The summed E-state index contributed by atoms with van der Waals surface area (Å²) in [5, 5.41) is 1.87. The maximum absolute atomic E-state index is 6.49. The first-order chi connectivity index (χ1) is 11.6. The number of nitrogens with zero attached hydrogens (tertiary/aromatic N) is 2. The predicted octanol–water partition coefficient (Wildman–Crippen LogP) is 6.29. The van der Waals surface area contributed by atoms with Crippen LogP contribution in [0, 0.1) is 0 Å². The topological polar surface area (TPSA) is 33.1 Å². The normalized spacial score (nSPS) is 11.1. The van der Waals surface area contributed by atoms with Crippen molar-refractivity contribution in [2.75, 3.05) is 0 Å². The first-order valence-corrected chi connectivity index (χ1v) is 8.76. The Balaban J connectivity index is 0.000000815. The van der Waals surface area contributed by atoms with Crippen LogP contribution in [0.5, 0.6) is 0 Å². The van der Waals surface area contributed by atoms with E-state index in [0.29, 0.717) is 5.92 Å². The standard InChI is InChI=1S/C18H16ClN3.C2H6/c1-11(2)15-8-12-7-14(19)13(9-16(12)20-15)17-10-22-6-4-3-5-18(22)21-17;1-2/h3-11,20H,1-2H3;1-2H3. The molecule has 0 bridgehead atoms. The van der Waals surface area contributed by atoms with Gasteiger partial charge in [-0.05, 0) is 36.2 Å². The highest BCUT2D eigenvalue weighted by atomic mass is 35.5. The number of hydrogen-bond acceptors (Lipinski definition) is 1. The molecule has 0 aliphatic carbocycles. The molecular formula is C20H22ClN3. The lowest BCUT2D eigenvalue weighted by Crippen LogP contribution is -1.85. The van der Waals surface area contributed by atoms with Gasteiger partial charge in [0.25, 0.3) is 0 Å². The third kappa shape index (κ3) is 2.92. The van der Waals surface area contributed by atoms with E-state index < -0.39 is 0 Å². The van der Waals surface area contributed by atoms with Crippen molar-refractivity contribution in [2.45, 2.75) is 33.6 Å². The number of rotatable bonds is 2. The summed E-state index contributed by atoms with van der Waals surface area (Å²) in [6.07, 6.45) is 4.00. The van der Waals surface area contributed by atoms with Gasteiger partial charge in [-0.3, -0.25) is 0 Å². The molecule has 0 saturated carbocycles. The van der Waals surface area contributed by atoms with E-state index in [1.807, 2.05) is 54.9 Å². The van der Waals surface area contributed by atoms with Crippen molar-refractivity contribution in [3.05, 3.63) is 59.5 Å². The van der Waals surface area contributed by atoms with Crippen molar-refractivity contribution in [1.29, 1.82) is 0 Å². The van der Waals surface area contributed by atoms with Crippen LogP contribution in [0.1, 0.15) is 39.3 Å². The molecule has 1 N–H and O–H groups in total. The lowest BCUT2D eigenvalue weighted by molar-refractivity contribution is 0.836. The molecule has 124 valence electrons. The van der Waals surface area contributed by atoms with Crippen LogP contribution in [-0.4, -0.2) is 14.4 Å². The van der Waals surface area contributed by atoms with Crippen molar-refractivity contribution in [2.24, 2.45) is 0 Å². The minimum Gasteiger partial charge on any atom is -0.358 e. The Labute approximate surface area is 147 Å². The van der Waals surface area contributed by atoms with Crippen LogP contribution in [0.4, 0.5) is 0 Å². The van der Waals surface area contributed by atoms with E-state index in [0.717, 1.165) is 32.8 Å². The third-order valence-corrected chi connectivity index (χ3v) is 4.30. The monoisotopic (exact) mass is 339 g/mol. The van der Waals surface area contributed by atoms with Gasteiger partial charge in [0.1, 0.15) is 5.65 Å². The Morgan fingerprint density at radius 1 is 1.12 bits per heavy atom. The highest BCUT2D eigenvalue weighted by Gasteiger charge is 2.12. The molecule has 0 unspecified atom stereocenters. The molecular weight excluding hydrogens is 318 g/mol. The quantitative estimate of drug-likeness (QED) is 0.457. The Hall–Kier alpha value is -2.26. The Kier molecular flexibility index (Phi) is 4.63. The first-order valence-electron chi connectivity index (χ1n) is 8.38. The zero-order chi connectivity index (χ0) is 17.3. The molecule has 0 radical (unpaired) electrons. The van der Waals surface area contributed by atoms with E-state index in [2.05, 4.69) is 35.9 Å². The minimum atomic E-state index is 0.463. The SMILES string of the molecule is CC.CC(C)c1cc2cc(Cl)c(-c3cn4ccccc4n3)cc2[nH]1. The summed E-state index contributed by atoms with van der Waals surface area (Å²) >= 11 is 6.49. The Bertz CT molecular complexity index is 946. The average molecular weight is 340 g/mol. The summed E-state index contributed by atoms with van der Waals surface area (Å²) in [4.78, 5) is 8.13. The van der Waals surface area contributed by atoms with Gasteiger partial charge in [-0.1, -0.05) is 45.4 Å². The van der Waals surface area contributed by atoms with Crippen LogP contribution < -0.4 is 0 Å². The lowest BCUT2D eigenvalue weighted by Gasteiger charge is -2.01. The number of hydrogen-bond donors (Lipinski definition) is 1. The third-order valence-electron chi connectivity index (χ3n) is 3.99. The molecule has 0 aliphatic rings. The van der Waals surface area contributed by atoms with Crippen LogP contribution in [0.15, 0.2) is 48.8 Å². The molecule has 24 heavy (non-hydrogen) atoms. The summed E-state index contributed by atoms with van der Waals surface area (Å²) in [5.74, 6) is 0.463. The number of aromatic nitrogens is 3. The van der Waals surface area contributed by atoms with Crippen molar-refractivity contribution >= 4 is 28.2 Å². The van der Waals surface area contributed by atoms with Gasteiger partial charge in [0, 0.05) is 34.6 Å². The van der Waals surface area contributed by atoms with Gasteiger partial charge in [0.05, 0.1) is 10.7 Å². The second-order valence-corrected chi connectivity index (χ2v) is 6.30. The Morgan fingerprint density at radius 2 is 1.92 bits per heavy atom. The molecule has 0 amide bonds. The zero-order valence-electron chi connectivity index (χ0n) is 14.5. The van der Waals surface area contributed by atoms with Crippen molar-refractivity contribution in [3.63, 3.8) is 0 Å². The van der Waals surface area contributed by atoms with E-state index in [9.17, 15) is 0 Å². The van der Waals surface area contributed by atoms with Gasteiger partial charge >= 0.3 is 0 Å². The van der Waals surface area contributed by atoms with Gasteiger partial charge in [-0.25, -0.2) is 4.98 Å². The fourth-order valence-corrected chi connectivity index (χ4v) is 3.02. The summed E-state index contributed by atoms with van der Waals surface area (Å²) in [5.41, 5.74) is 5.08. The number of H-pyrrole nitrogens is 1. The van der Waals surface area contributed by atoms with Crippen molar-refractivity contribution < 1.29 is 0 Å². The van der Waals surface area contributed by atoms with E-state index in [4.69, 9.17) is 11.6 Å². The summed E-state index contributed by atoms with van der Waals surface area (Å²) in [6, 6.07) is 12.2. The van der Waals surface area contributed by atoms with Gasteiger partial charge in [-0.2, -0.15) is 0 Å². The van der Waals surface area contributed by atoms with Gasteiger partial charge in [0.2, 0.25) is 0 Å². The predicted molar refractivity (Wildman–Crippen MR) is 103 cm³/mol. The first kappa shape index (κ1) is 16.6. The van der Waals surface area contributed by atoms with Crippen LogP contribution in [-0.2, 0) is 0 Å². The molecule has 3 heterocycles. The average Bonchev–Trinajstić information content (AvgIpc) is 3.19. The molecule has 4 rings (SSSR count). The number of aromatic amines is 1. The number of nitrogens with one attached hydrogen (secondary N) is 1. The summed E-state index contributed by atoms with van der Waals surface area (Å²) in [6.45, 7) is 8.35. The van der Waals surface area contributed by atoms with Crippen LogP contribution >= 0.6 is 11.6 Å². The molecule has 0 aliphatic heterocycles. The highest BCUT2D eigenvalue weighted by molar-refractivity contribution is 6.34. The van der Waals surface area contributed by atoms with Crippen molar-refractivity contribution in [1.82, 2.24) is 14.4 Å².